The van der Waals surface area contributed by atoms with Gasteiger partial charge in [0.05, 0.1) is 6.54 Å². The van der Waals surface area contributed by atoms with E-state index in [1.807, 2.05) is 6.92 Å². The van der Waals surface area contributed by atoms with E-state index in [4.69, 9.17) is 4.74 Å². The number of nitrogens with one attached hydrogen (secondary N) is 2. The molecule has 0 radical (unpaired) electrons. The van der Waals surface area contributed by atoms with Gasteiger partial charge in [-0.05, 0) is 25.5 Å². The Labute approximate surface area is 152 Å². The normalized spacial score (nSPS) is 16.4. The number of aliphatic imine (C=N–C) groups is 1. The van der Waals surface area contributed by atoms with Crippen molar-refractivity contribution < 1.29 is 18.7 Å². The molecule has 26 heavy (non-hydrogen) atoms. The lowest BCUT2D eigenvalue weighted by atomic mass is 10.1. The predicted octanol–water partition coefficient (Wildman–Crippen LogP) is 1.30. The fourth-order valence-electron chi connectivity index (χ4n) is 2.60. The van der Waals surface area contributed by atoms with Crippen LogP contribution in [0.5, 0.6) is 5.75 Å². The molecule has 0 aromatic heterocycles. The Morgan fingerprint density at radius 1 is 1.27 bits per heavy atom. The Morgan fingerprint density at radius 2 is 1.96 bits per heavy atom. The van der Waals surface area contributed by atoms with Gasteiger partial charge < -0.3 is 15.4 Å². The summed E-state index contributed by atoms with van der Waals surface area (Å²) in [5.41, 5.74) is 0. The van der Waals surface area contributed by atoms with Crippen molar-refractivity contribution in [1.82, 2.24) is 15.5 Å². The summed E-state index contributed by atoms with van der Waals surface area (Å²) in [6.45, 7) is 2.94. The van der Waals surface area contributed by atoms with Crippen LogP contribution in [0.15, 0.2) is 29.3 Å². The third-order valence-electron chi connectivity index (χ3n) is 3.96. The molecular formula is C18H25FN4O3. The Kier molecular flexibility index (Phi) is 7.37. The first kappa shape index (κ1) is 19.7. The van der Waals surface area contributed by atoms with Crippen molar-refractivity contribution in [3.8, 4) is 5.75 Å². The second-order valence-corrected chi connectivity index (χ2v) is 6.03. The number of guanidine groups is 1. The maximum Gasteiger partial charge on any atom is 0.229 e. The van der Waals surface area contributed by atoms with Crippen molar-refractivity contribution in [2.24, 2.45) is 4.99 Å². The molecule has 2 amide bonds. The highest BCUT2D eigenvalue weighted by atomic mass is 19.1. The number of hydrogen-bond donors (Lipinski definition) is 2. The number of benzene rings is 1. The van der Waals surface area contributed by atoms with Crippen LogP contribution in [0.25, 0.3) is 0 Å². The number of halogens is 1. The van der Waals surface area contributed by atoms with Crippen molar-refractivity contribution in [1.29, 1.82) is 0 Å². The van der Waals surface area contributed by atoms with Crippen LogP contribution in [-0.4, -0.2) is 55.5 Å². The maximum absolute atomic E-state index is 13.6. The van der Waals surface area contributed by atoms with E-state index >= 15 is 0 Å². The average molecular weight is 364 g/mol. The topological polar surface area (TPSA) is 83.0 Å². The first-order chi connectivity index (χ1) is 12.5. The molecular weight excluding hydrogens is 339 g/mol. The van der Waals surface area contributed by atoms with Crippen molar-refractivity contribution in [3.63, 3.8) is 0 Å². The Balaban J connectivity index is 1.73. The van der Waals surface area contributed by atoms with Crippen LogP contribution in [0.4, 0.5) is 4.39 Å². The van der Waals surface area contributed by atoms with Crippen LogP contribution in [0, 0.1) is 5.82 Å². The van der Waals surface area contributed by atoms with Crippen molar-refractivity contribution in [3.05, 3.63) is 30.1 Å². The van der Waals surface area contributed by atoms with Crippen LogP contribution in [-0.2, 0) is 9.59 Å². The molecule has 1 aliphatic rings. The zero-order valence-corrected chi connectivity index (χ0v) is 15.1. The molecule has 1 heterocycles. The molecule has 1 aliphatic heterocycles. The van der Waals surface area contributed by atoms with Crippen LogP contribution in [0.3, 0.4) is 0 Å². The van der Waals surface area contributed by atoms with E-state index in [0.29, 0.717) is 44.9 Å². The summed E-state index contributed by atoms with van der Waals surface area (Å²) >= 11 is 0. The predicted molar refractivity (Wildman–Crippen MR) is 96.4 cm³/mol. The van der Waals surface area contributed by atoms with Crippen LogP contribution >= 0.6 is 0 Å². The highest BCUT2D eigenvalue weighted by Crippen LogP contribution is 2.16. The van der Waals surface area contributed by atoms with E-state index in [1.165, 1.54) is 11.0 Å². The summed E-state index contributed by atoms with van der Waals surface area (Å²) in [5.74, 6) is 0.0614. The lowest BCUT2D eigenvalue weighted by Crippen LogP contribution is -2.47. The van der Waals surface area contributed by atoms with Gasteiger partial charge in [0, 0.05) is 33.0 Å². The fraction of sp³-hybridized carbons (Fsp3) is 0.500. The average Bonchev–Trinajstić information content (AvgIpc) is 2.62. The summed E-state index contributed by atoms with van der Waals surface area (Å²) < 4.78 is 19.1. The van der Waals surface area contributed by atoms with Gasteiger partial charge in [0.2, 0.25) is 11.8 Å². The second kappa shape index (κ2) is 9.74. The van der Waals surface area contributed by atoms with Gasteiger partial charge in [-0.1, -0.05) is 12.1 Å². The van der Waals surface area contributed by atoms with E-state index in [0.717, 1.165) is 0 Å². The summed E-state index contributed by atoms with van der Waals surface area (Å²) in [6.07, 6.45) is 1.19. The van der Waals surface area contributed by atoms with Crippen LogP contribution in [0.1, 0.15) is 26.2 Å². The zero-order chi connectivity index (χ0) is 18.9. The van der Waals surface area contributed by atoms with E-state index in [-0.39, 0.29) is 23.7 Å². The number of rotatable bonds is 7. The van der Waals surface area contributed by atoms with Gasteiger partial charge in [0.15, 0.2) is 17.5 Å². The van der Waals surface area contributed by atoms with Gasteiger partial charge in [-0.15, -0.1) is 0 Å². The first-order valence-electron chi connectivity index (χ1n) is 8.70. The largest absolute Gasteiger partial charge is 0.486 e. The third-order valence-corrected chi connectivity index (χ3v) is 3.96. The van der Waals surface area contributed by atoms with Gasteiger partial charge in [-0.3, -0.25) is 19.5 Å². The lowest BCUT2D eigenvalue weighted by Gasteiger charge is -2.25. The fourth-order valence-corrected chi connectivity index (χ4v) is 2.60. The second-order valence-electron chi connectivity index (χ2n) is 6.03. The van der Waals surface area contributed by atoms with Crippen molar-refractivity contribution in [2.75, 3.05) is 26.7 Å². The number of imide groups is 1. The zero-order valence-electron chi connectivity index (χ0n) is 15.1. The van der Waals surface area contributed by atoms with E-state index in [1.54, 1.807) is 25.2 Å². The maximum atomic E-state index is 13.6. The summed E-state index contributed by atoms with van der Waals surface area (Å²) in [4.78, 5) is 28.9. The number of carbonyl (C=O) groups excluding carboxylic acids is 2. The number of hydrogen-bond acceptors (Lipinski definition) is 4. The van der Waals surface area contributed by atoms with Crippen molar-refractivity contribution in [2.45, 2.75) is 32.3 Å². The molecule has 1 fully saturated rings. The van der Waals surface area contributed by atoms with Crippen LogP contribution in [0.2, 0.25) is 0 Å². The quantitative estimate of drug-likeness (QED) is 0.433. The highest BCUT2D eigenvalue weighted by molar-refractivity contribution is 5.97. The summed E-state index contributed by atoms with van der Waals surface area (Å²) in [6, 6.07) is 6.24. The molecule has 1 atom stereocenters. The van der Waals surface area contributed by atoms with Gasteiger partial charge >= 0.3 is 0 Å². The molecule has 1 aromatic rings. The monoisotopic (exact) mass is 364 g/mol. The number of piperidine rings is 1. The van der Waals surface area contributed by atoms with Gasteiger partial charge in [-0.2, -0.15) is 0 Å². The van der Waals surface area contributed by atoms with Gasteiger partial charge in [0.1, 0.15) is 6.10 Å². The minimum atomic E-state index is -0.405. The number of para-hydroxylation sites is 1. The molecule has 0 bridgehead atoms. The molecule has 0 aliphatic carbocycles. The molecule has 1 aromatic carbocycles. The summed E-state index contributed by atoms with van der Waals surface area (Å²) in [7, 11) is 1.62. The Bertz CT molecular complexity index is 650. The molecule has 2 rings (SSSR count). The molecule has 1 unspecified atom stereocenters. The summed E-state index contributed by atoms with van der Waals surface area (Å²) in [5, 5.41) is 6.12. The van der Waals surface area contributed by atoms with Gasteiger partial charge in [-0.25, -0.2) is 4.39 Å². The van der Waals surface area contributed by atoms with Crippen molar-refractivity contribution >= 4 is 17.8 Å². The molecule has 2 N–H and O–H groups in total. The minimum Gasteiger partial charge on any atom is -0.486 e. The Morgan fingerprint density at radius 3 is 2.62 bits per heavy atom. The lowest BCUT2D eigenvalue weighted by molar-refractivity contribution is -0.147. The number of likely N-dealkylation sites (tertiary alicyclic amines) is 1. The van der Waals surface area contributed by atoms with E-state index in [9.17, 15) is 14.0 Å². The standard InChI is InChI=1S/C18H25FN4O3/c1-13(26-15-7-4-3-6-14(15)19)12-22-18(20-2)21-10-11-23-16(24)8-5-9-17(23)25/h3-4,6-7,13H,5,8-12H2,1-2H3,(H2,20,21,22). The SMILES string of the molecule is CN=C(NCCN1C(=O)CCCC1=O)NCC(C)Oc1ccccc1F. The highest BCUT2D eigenvalue weighted by Gasteiger charge is 2.25. The molecule has 1 saturated heterocycles. The first-order valence-corrected chi connectivity index (χ1v) is 8.70. The van der Waals surface area contributed by atoms with E-state index in [2.05, 4.69) is 15.6 Å². The minimum absolute atomic E-state index is 0.127. The number of nitrogens with zero attached hydrogens (tertiary/aromatic N) is 2. The smallest absolute Gasteiger partial charge is 0.229 e. The molecule has 0 spiro atoms. The molecule has 142 valence electrons. The number of ether oxygens (including phenoxy) is 1. The van der Waals surface area contributed by atoms with E-state index < -0.39 is 5.82 Å². The third kappa shape index (κ3) is 5.72. The number of carbonyl (C=O) groups is 2. The molecule has 7 nitrogen and oxygen atoms in total. The number of amides is 2. The molecule has 0 saturated carbocycles. The van der Waals surface area contributed by atoms with Crippen LogP contribution < -0.4 is 15.4 Å². The van der Waals surface area contributed by atoms with Gasteiger partial charge in [0.25, 0.3) is 0 Å². The Hall–Kier alpha value is -2.64. The molecule has 8 heteroatoms.